The predicted molar refractivity (Wildman–Crippen MR) is 63.5 cm³/mol. The van der Waals surface area contributed by atoms with Crippen LogP contribution in [0.15, 0.2) is 30.3 Å². The van der Waals surface area contributed by atoms with Crippen LogP contribution in [0.2, 0.25) is 0 Å². The number of hydrogen-bond acceptors (Lipinski definition) is 3. The number of ether oxygens (including phenoxy) is 2. The lowest BCUT2D eigenvalue weighted by molar-refractivity contribution is -0.0971. The molecule has 0 saturated carbocycles. The molecular formula is C14H18O3. The van der Waals surface area contributed by atoms with Crippen LogP contribution in [0.25, 0.3) is 0 Å². The number of rotatable bonds is 3. The van der Waals surface area contributed by atoms with Gasteiger partial charge in [0.25, 0.3) is 0 Å². The molecular weight excluding hydrogens is 216 g/mol. The summed E-state index contributed by atoms with van der Waals surface area (Å²) in [6, 6.07) is 10.2. The molecule has 1 N–H and O–H groups in total. The average molecular weight is 234 g/mol. The number of hydrogen-bond donors (Lipinski definition) is 1. The Hall–Kier alpha value is -0.900. The Labute approximate surface area is 101 Å². The summed E-state index contributed by atoms with van der Waals surface area (Å²) in [6.07, 6.45) is 2.65. The van der Waals surface area contributed by atoms with Crippen LogP contribution in [-0.4, -0.2) is 29.5 Å². The van der Waals surface area contributed by atoms with E-state index in [9.17, 15) is 5.11 Å². The molecule has 0 spiro atoms. The Balaban J connectivity index is 1.54. The van der Waals surface area contributed by atoms with E-state index in [0.29, 0.717) is 6.61 Å². The molecule has 2 aliphatic rings. The van der Waals surface area contributed by atoms with Crippen LogP contribution in [0.4, 0.5) is 0 Å². The number of benzene rings is 1. The van der Waals surface area contributed by atoms with Crippen LogP contribution < -0.4 is 0 Å². The van der Waals surface area contributed by atoms with Crippen LogP contribution in [-0.2, 0) is 16.1 Å². The maximum absolute atomic E-state index is 9.72. The van der Waals surface area contributed by atoms with Crippen molar-refractivity contribution >= 4 is 0 Å². The Kier molecular flexibility index (Phi) is 3.14. The number of fused-ring (bicyclic) bond motifs is 2. The molecule has 92 valence electrons. The molecule has 2 aliphatic heterocycles. The molecule has 1 aromatic carbocycles. The van der Waals surface area contributed by atoms with Crippen LogP contribution in [0, 0.1) is 0 Å². The van der Waals surface area contributed by atoms with Gasteiger partial charge in [0.05, 0.1) is 31.0 Å². The van der Waals surface area contributed by atoms with Crippen molar-refractivity contribution in [3.8, 4) is 0 Å². The zero-order valence-corrected chi connectivity index (χ0v) is 9.79. The summed E-state index contributed by atoms with van der Waals surface area (Å²) in [4.78, 5) is 0. The quantitative estimate of drug-likeness (QED) is 0.868. The topological polar surface area (TPSA) is 38.7 Å². The van der Waals surface area contributed by atoms with Gasteiger partial charge in [0, 0.05) is 12.8 Å². The minimum atomic E-state index is -0.287. The van der Waals surface area contributed by atoms with Crippen molar-refractivity contribution in [1.82, 2.24) is 0 Å². The highest BCUT2D eigenvalue weighted by molar-refractivity contribution is 5.13. The Bertz CT molecular complexity index is 363. The van der Waals surface area contributed by atoms with Crippen molar-refractivity contribution in [3.05, 3.63) is 35.9 Å². The second kappa shape index (κ2) is 4.77. The van der Waals surface area contributed by atoms with Gasteiger partial charge >= 0.3 is 0 Å². The summed E-state index contributed by atoms with van der Waals surface area (Å²) in [5.41, 5.74) is 1.20. The van der Waals surface area contributed by atoms with Crippen LogP contribution in [0.5, 0.6) is 0 Å². The third-order valence-corrected chi connectivity index (χ3v) is 3.65. The molecule has 2 saturated heterocycles. The Morgan fingerprint density at radius 3 is 2.76 bits per heavy atom. The van der Waals surface area contributed by atoms with Gasteiger partial charge in [0.2, 0.25) is 0 Å². The van der Waals surface area contributed by atoms with Gasteiger partial charge in [-0.1, -0.05) is 30.3 Å². The number of aliphatic hydroxyl groups excluding tert-OH is 1. The smallest absolute Gasteiger partial charge is 0.0863 e. The minimum absolute atomic E-state index is 0.00507. The van der Waals surface area contributed by atoms with Gasteiger partial charge in [0.15, 0.2) is 0 Å². The van der Waals surface area contributed by atoms with E-state index in [1.807, 2.05) is 18.2 Å². The molecule has 1 aromatic rings. The van der Waals surface area contributed by atoms with Crippen molar-refractivity contribution < 1.29 is 14.6 Å². The van der Waals surface area contributed by atoms with Gasteiger partial charge in [0.1, 0.15) is 0 Å². The molecule has 2 fully saturated rings. The largest absolute Gasteiger partial charge is 0.390 e. The molecule has 0 unspecified atom stereocenters. The summed E-state index contributed by atoms with van der Waals surface area (Å²) >= 11 is 0. The van der Waals surface area contributed by atoms with Gasteiger partial charge in [-0.2, -0.15) is 0 Å². The maximum atomic E-state index is 9.72. The fourth-order valence-corrected chi connectivity index (χ4v) is 2.75. The Morgan fingerprint density at radius 2 is 2.00 bits per heavy atom. The van der Waals surface area contributed by atoms with Crippen LogP contribution in [0.3, 0.4) is 0 Å². The zero-order chi connectivity index (χ0) is 11.7. The lowest BCUT2D eigenvalue weighted by atomic mass is 10.1. The molecule has 3 heteroatoms. The fourth-order valence-electron chi connectivity index (χ4n) is 2.75. The van der Waals surface area contributed by atoms with E-state index in [0.717, 1.165) is 19.3 Å². The van der Waals surface area contributed by atoms with E-state index < -0.39 is 0 Å². The first-order valence-electron chi connectivity index (χ1n) is 6.30. The van der Waals surface area contributed by atoms with Crippen molar-refractivity contribution in [1.29, 1.82) is 0 Å². The summed E-state index contributed by atoms with van der Waals surface area (Å²) < 4.78 is 11.6. The van der Waals surface area contributed by atoms with Crippen LogP contribution >= 0.6 is 0 Å². The minimum Gasteiger partial charge on any atom is -0.390 e. The second-order valence-corrected chi connectivity index (χ2v) is 4.99. The lowest BCUT2D eigenvalue weighted by Gasteiger charge is -2.28. The van der Waals surface area contributed by atoms with Crippen LogP contribution in [0.1, 0.15) is 24.8 Å². The second-order valence-electron chi connectivity index (χ2n) is 4.99. The predicted octanol–water partition coefficient (Wildman–Crippen LogP) is 1.88. The highest BCUT2D eigenvalue weighted by Crippen LogP contribution is 2.34. The van der Waals surface area contributed by atoms with Gasteiger partial charge in [-0.25, -0.2) is 0 Å². The zero-order valence-electron chi connectivity index (χ0n) is 9.79. The first kappa shape index (κ1) is 11.2. The maximum Gasteiger partial charge on any atom is 0.0863 e. The normalized spacial score (nSPS) is 36.1. The summed E-state index contributed by atoms with van der Waals surface area (Å²) in [7, 11) is 0. The van der Waals surface area contributed by atoms with Gasteiger partial charge in [-0.05, 0) is 12.0 Å². The van der Waals surface area contributed by atoms with Crippen molar-refractivity contribution in [3.63, 3.8) is 0 Å². The molecule has 0 aromatic heterocycles. The molecule has 17 heavy (non-hydrogen) atoms. The standard InChI is InChI=1S/C14H18O3/c15-13-7-12-6-11(8-14(13)17-12)16-9-10-4-2-1-3-5-10/h1-5,11-15H,6-9H2/t11-,12+,13+,14-/m1/s1. The third kappa shape index (κ3) is 2.51. The van der Waals surface area contributed by atoms with E-state index in [2.05, 4.69) is 12.1 Å². The highest BCUT2D eigenvalue weighted by Gasteiger charge is 2.41. The van der Waals surface area contributed by atoms with Gasteiger partial charge < -0.3 is 14.6 Å². The summed E-state index contributed by atoms with van der Waals surface area (Å²) in [5.74, 6) is 0. The Morgan fingerprint density at radius 1 is 1.18 bits per heavy atom. The SMILES string of the molecule is O[C@H]1C[C@@H]2C[C@@H](OCc3ccccc3)C[C@H]1O2. The molecule has 3 rings (SSSR count). The lowest BCUT2D eigenvalue weighted by Crippen LogP contribution is -2.33. The van der Waals surface area contributed by atoms with E-state index in [-0.39, 0.29) is 24.4 Å². The average Bonchev–Trinajstić information content (AvgIpc) is 2.62. The van der Waals surface area contributed by atoms with E-state index >= 15 is 0 Å². The molecule has 2 heterocycles. The summed E-state index contributed by atoms with van der Waals surface area (Å²) in [5, 5.41) is 9.72. The van der Waals surface area contributed by atoms with E-state index in [4.69, 9.17) is 9.47 Å². The number of aliphatic hydroxyl groups is 1. The monoisotopic (exact) mass is 234 g/mol. The first-order valence-corrected chi connectivity index (χ1v) is 6.30. The van der Waals surface area contributed by atoms with Crippen molar-refractivity contribution in [2.75, 3.05) is 0 Å². The van der Waals surface area contributed by atoms with E-state index in [1.165, 1.54) is 5.56 Å². The molecule has 4 atom stereocenters. The highest BCUT2D eigenvalue weighted by atomic mass is 16.5. The molecule has 0 aliphatic carbocycles. The van der Waals surface area contributed by atoms with Crippen molar-refractivity contribution in [2.45, 2.75) is 50.3 Å². The third-order valence-electron chi connectivity index (χ3n) is 3.65. The molecule has 0 radical (unpaired) electrons. The molecule has 0 amide bonds. The van der Waals surface area contributed by atoms with Gasteiger partial charge in [-0.3, -0.25) is 0 Å². The fraction of sp³-hybridized carbons (Fsp3) is 0.571. The van der Waals surface area contributed by atoms with E-state index in [1.54, 1.807) is 0 Å². The van der Waals surface area contributed by atoms with Crippen molar-refractivity contribution in [2.24, 2.45) is 0 Å². The first-order chi connectivity index (χ1) is 8.31. The molecule has 3 nitrogen and oxygen atoms in total. The van der Waals surface area contributed by atoms with Gasteiger partial charge in [-0.15, -0.1) is 0 Å². The molecule has 2 bridgehead atoms. The summed E-state index contributed by atoms with van der Waals surface area (Å²) in [6.45, 7) is 0.654.